The largest absolute Gasteiger partial charge is 0.349 e. The van der Waals surface area contributed by atoms with Gasteiger partial charge >= 0.3 is 0 Å². The van der Waals surface area contributed by atoms with Crippen molar-refractivity contribution in [3.05, 3.63) is 58.7 Å². The van der Waals surface area contributed by atoms with Gasteiger partial charge in [-0.05, 0) is 45.1 Å². The van der Waals surface area contributed by atoms with Crippen LogP contribution >= 0.6 is 0 Å². The molecule has 6 heteroatoms. The topological polar surface area (TPSA) is 75.2 Å². The first-order chi connectivity index (χ1) is 15.0. The average molecular weight is 421 g/mol. The van der Waals surface area contributed by atoms with Crippen LogP contribution in [0.2, 0.25) is 0 Å². The molecule has 6 nitrogen and oxygen atoms in total. The molecule has 1 atom stereocenters. The summed E-state index contributed by atoms with van der Waals surface area (Å²) in [6, 6.07) is 8.13. The quantitative estimate of drug-likeness (QED) is 0.791. The number of carbonyl (C=O) groups is 2. The van der Waals surface area contributed by atoms with Gasteiger partial charge < -0.3 is 10.2 Å². The number of amides is 2. The molecule has 0 radical (unpaired) electrons. The summed E-state index contributed by atoms with van der Waals surface area (Å²) in [7, 11) is 0. The SMILES string of the molecule is Cc1ccc(CC(=O)N2CCC[C@H]2c2nc(C)ncc2C(=O)NC2CCCCC2)cc1. The first kappa shape index (κ1) is 21.5. The zero-order valence-corrected chi connectivity index (χ0v) is 18.6. The molecule has 1 aliphatic carbocycles. The van der Waals surface area contributed by atoms with Crippen LogP contribution in [0.1, 0.15) is 84.0 Å². The number of nitrogens with one attached hydrogen (secondary N) is 1. The lowest BCUT2D eigenvalue weighted by Crippen LogP contribution is -2.38. The van der Waals surface area contributed by atoms with Crippen molar-refractivity contribution in [3.63, 3.8) is 0 Å². The first-order valence-corrected chi connectivity index (χ1v) is 11.5. The van der Waals surface area contributed by atoms with E-state index >= 15 is 0 Å². The monoisotopic (exact) mass is 420 g/mol. The maximum absolute atomic E-state index is 13.1. The highest BCUT2D eigenvalue weighted by atomic mass is 16.2. The lowest BCUT2D eigenvalue weighted by molar-refractivity contribution is -0.131. The summed E-state index contributed by atoms with van der Waals surface area (Å²) < 4.78 is 0. The van der Waals surface area contributed by atoms with E-state index in [1.807, 2.05) is 43.0 Å². The highest BCUT2D eigenvalue weighted by Gasteiger charge is 2.34. The second-order valence-corrected chi connectivity index (χ2v) is 8.93. The third kappa shape index (κ3) is 5.12. The smallest absolute Gasteiger partial charge is 0.255 e. The molecule has 164 valence electrons. The van der Waals surface area contributed by atoms with E-state index in [9.17, 15) is 9.59 Å². The highest BCUT2D eigenvalue weighted by Crippen LogP contribution is 2.33. The van der Waals surface area contributed by atoms with E-state index in [0.717, 1.165) is 44.1 Å². The molecule has 0 spiro atoms. The van der Waals surface area contributed by atoms with Crippen molar-refractivity contribution in [2.75, 3.05) is 6.54 Å². The van der Waals surface area contributed by atoms with Crippen LogP contribution in [0.25, 0.3) is 0 Å². The Kier molecular flexibility index (Phi) is 6.64. The maximum Gasteiger partial charge on any atom is 0.255 e. The Morgan fingerprint density at radius 1 is 1.03 bits per heavy atom. The van der Waals surface area contributed by atoms with Gasteiger partial charge in [0.05, 0.1) is 23.7 Å². The lowest BCUT2D eigenvalue weighted by Gasteiger charge is -2.27. The van der Waals surface area contributed by atoms with Crippen molar-refractivity contribution in [2.24, 2.45) is 0 Å². The van der Waals surface area contributed by atoms with E-state index in [-0.39, 0.29) is 23.9 Å². The summed E-state index contributed by atoms with van der Waals surface area (Å²) in [5, 5.41) is 3.19. The van der Waals surface area contributed by atoms with Gasteiger partial charge in [-0.15, -0.1) is 0 Å². The van der Waals surface area contributed by atoms with Gasteiger partial charge in [0.1, 0.15) is 5.82 Å². The molecule has 0 unspecified atom stereocenters. The molecule has 1 N–H and O–H groups in total. The Bertz CT molecular complexity index is 935. The Labute approximate surface area is 184 Å². The fourth-order valence-corrected chi connectivity index (χ4v) is 4.76. The number of likely N-dealkylation sites (tertiary alicyclic amines) is 1. The molecule has 2 heterocycles. The van der Waals surface area contributed by atoms with Crippen molar-refractivity contribution in [2.45, 2.75) is 77.3 Å². The predicted molar refractivity (Wildman–Crippen MR) is 120 cm³/mol. The van der Waals surface area contributed by atoms with Crippen LogP contribution in [0.4, 0.5) is 0 Å². The molecular weight excluding hydrogens is 388 g/mol. The first-order valence-electron chi connectivity index (χ1n) is 11.5. The molecule has 1 saturated carbocycles. The molecule has 31 heavy (non-hydrogen) atoms. The molecule has 2 amide bonds. The Morgan fingerprint density at radius 3 is 2.52 bits per heavy atom. The number of aryl methyl sites for hydroxylation is 2. The number of rotatable bonds is 5. The minimum Gasteiger partial charge on any atom is -0.349 e. The Balaban J connectivity index is 1.54. The van der Waals surface area contributed by atoms with E-state index in [4.69, 9.17) is 0 Å². The highest BCUT2D eigenvalue weighted by molar-refractivity contribution is 5.95. The van der Waals surface area contributed by atoms with E-state index in [1.165, 1.54) is 12.0 Å². The van der Waals surface area contributed by atoms with Gasteiger partial charge in [-0.1, -0.05) is 49.1 Å². The lowest BCUT2D eigenvalue weighted by atomic mass is 9.95. The summed E-state index contributed by atoms with van der Waals surface area (Å²) in [5.41, 5.74) is 3.39. The summed E-state index contributed by atoms with van der Waals surface area (Å²) in [6.45, 7) is 4.57. The Morgan fingerprint density at radius 2 is 1.77 bits per heavy atom. The summed E-state index contributed by atoms with van der Waals surface area (Å²) >= 11 is 0. The zero-order chi connectivity index (χ0) is 21.8. The Hall–Kier alpha value is -2.76. The molecular formula is C25H32N4O2. The number of aromatic nitrogens is 2. The van der Waals surface area contributed by atoms with E-state index in [1.54, 1.807) is 6.20 Å². The van der Waals surface area contributed by atoms with Crippen LogP contribution in [0.15, 0.2) is 30.5 Å². The third-order valence-electron chi connectivity index (χ3n) is 6.49. The molecule has 1 aliphatic heterocycles. The van der Waals surface area contributed by atoms with Crippen LogP contribution in [-0.2, 0) is 11.2 Å². The van der Waals surface area contributed by atoms with Gasteiger partial charge in [0, 0.05) is 18.8 Å². The van der Waals surface area contributed by atoms with Crippen LogP contribution in [-0.4, -0.2) is 39.3 Å². The number of carbonyl (C=O) groups excluding carboxylic acids is 2. The van der Waals surface area contributed by atoms with E-state index < -0.39 is 0 Å². The molecule has 2 aromatic rings. The fourth-order valence-electron chi connectivity index (χ4n) is 4.76. The minimum absolute atomic E-state index is 0.0845. The van der Waals surface area contributed by atoms with Gasteiger partial charge in [0.25, 0.3) is 5.91 Å². The third-order valence-corrected chi connectivity index (χ3v) is 6.49. The number of hydrogen-bond donors (Lipinski definition) is 1. The minimum atomic E-state index is -0.174. The molecule has 2 aliphatic rings. The molecule has 1 saturated heterocycles. The van der Waals surface area contributed by atoms with Gasteiger partial charge in [0.2, 0.25) is 5.91 Å². The van der Waals surface area contributed by atoms with Crippen LogP contribution < -0.4 is 5.32 Å². The molecule has 4 rings (SSSR count). The molecule has 0 bridgehead atoms. The number of nitrogens with zero attached hydrogens (tertiary/aromatic N) is 3. The van der Waals surface area contributed by atoms with Gasteiger partial charge in [0.15, 0.2) is 0 Å². The zero-order valence-electron chi connectivity index (χ0n) is 18.6. The van der Waals surface area contributed by atoms with Gasteiger partial charge in [-0.3, -0.25) is 9.59 Å². The average Bonchev–Trinajstić information content (AvgIpc) is 3.26. The van der Waals surface area contributed by atoms with Gasteiger partial charge in [-0.25, -0.2) is 9.97 Å². The summed E-state index contributed by atoms with van der Waals surface area (Å²) in [4.78, 5) is 37.1. The molecule has 1 aromatic carbocycles. The van der Waals surface area contributed by atoms with Crippen molar-refractivity contribution in [1.29, 1.82) is 0 Å². The van der Waals surface area contributed by atoms with Gasteiger partial charge in [-0.2, -0.15) is 0 Å². The number of hydrogen-bond acceptors (Lipinski definition) is 4. The fraction of sp³-hybridized carbons (Fsp3) is 0.520. The normalized spacial score (nSPS) is 19.4. The standard InChI is InChI=1S/C25H32N4O2/c1-17-10-12-19(13-11-17)15-23(30)29-14-6-9-22(29)24-21(16-26-18(2)27-24)25(31)28-20-7-4-3-5-8-20/h10-13,16,20,22H,3-9,14-15H2,1-2H3,(H,28,31)/t22-/m0/s1. The maximum atomic E-state index is 13.1. The number of benzene rings is 1. The van der Waals surface area contributed by atoms with E-state index in [0.29, 0.717) is 30.0 Å². The van der Waals surface area contributed by atoms with Crippen molar-refractivity contribution in [1.82, 2.24) is 20.2 Å². The van der Waals surface area contributed by atoms with Crippen molar-refractivity contribution in [3.8, 4) is 0 Å². The summed E-state index contributed by atoms with van der Waals surface area (Å²) in [5.74, 6) is 0.600. The van der Waals surface area contributed by atoms with E-state index in [2.05, 4.69) is 15.3 Å². The molecule has 2 fully saturated rings. The van der Waals surface area contributed by atoms with Crippen LogP contribution in [0.5, 0.6) is 0 Å². The van der Waals surface area contributed by atoms with Crippen LogP contribution in [0, 0.1) is 13.8 Å². The second-order valence-electron chi connectivity index (χ2n) is 8.93. The second kappa shape index (κ2) is 9.58. The summed E-state index contributed by atoms with van der Waals surface area (Å²) in [6.07, 6.45) is 9.35. The van der Waals surface area contributed by atoms with Crippen molar-refractivity contribution >= 4 is 11.8 Å². The van der Waals surface area contributed by atoms with Crippen LogP contribution in [0.3, 0.4) is 0 Å². The molecule has 1 aromatic heterocycles. The van der Waals surface area contributed by atoms with Crippen molar-refractivity contribution < 1.29 is 9.59 Å². The predicted octanol–water partition coefficient (Wildman–Crippen LogP) is 4.06.